The Kier molecular flexibility index (Phi) is 13.4. The number of aliphatic hydroxyl groups is 1. The molecule has 5 rings (SSSR count). The van der Waals surface area contributed by atoms with E-state index in [4.69, 9.17) is 5.11 Å². The second-order valence-corrected chi connectivity index (χ2v) is 12.2. The molecule has 1 aliphatic heterocycles. The van der Waals surface area contributed by atoms with Gasteiger partial charge in [-0.15, -0.1) is 0 Å². The Morgan fingerprint density at radius 1 is 0.933 bits per heavy atom. The van der Waals surface area contributed by atoms with E-state index in [-0.39, 0.29) is 35.7 Å². The third kappa shape index (κ3) is 9.87. The highest BCUT2D eigenvalue weighted by atomic mass is 16.2. The smallest absolute Gasteiger partial charge is 0.251 e. The molecule has 0 radical (unpaired) electrons. The molecule has 2 fully saturated rings. The standard InChI is InChI=1S/C36H46N4O3.CH4O/c1-2-26(27-11-5-3-6-12-27)25-40-22-21-32(24-37-35(42)30-18-17-28-13-9-10-14-29(28)23-30)38-33(36(40)43)19-20-34(41)39-31-15-7-4-8-16-31;1-2/h3,5-6,9-14,17-18,23,26,31-33,38H,2,4,7-8,15-16,19-22,24-25H2,1H3,(H,37,42)(H,39,41);2H,1H3. The predicted molar refractivity (Wildman–Crippen MR) is 180 cm³/mol. The zero-order valence-electron chi connectivity index (χ0n) is 26.8. The Morgan fingerprint density at radius 2 is 1.64 bits per heavy atom. The Balaban J connectivity index is 0.00000226. The number of carbonyl (C=O) groups excluding carboxylic acids is 3. The van der Waals surface area contributed by atoms with Crippen LogP contribution in [0.25, 0.3) is 10.8 Å². The fraction of sp³-hybridized carbons (Fsp3) is 0.486. The van der Waals surface area contributed by atoms with Gasteiger partial charge < -0.3 is 26.0 Å². The van der Waals surface area contributed by atoms with Gasteiger partial charge in [0.25, 0.3) is 5.91 Å². The molecule has 2 aliphatic rings. The number of benzene rings is 3. The van der Waals surface area contributed by atoms with Crippen LogP contribution in [0.1, 0.15) is 86.6 Å². The van der Waals surface area contributed by atoms with Crippen LogP contribution in [0.2, 0.25) is 0 Å². The van der Waals surface area contributed by atoms with Crippen LogP contribution in [-0.2, 0) is 9.59 Å². The lowest BCUT2D eigenvalue weighted by Crippen LogP contribution is -2.49. The third-order valence-electron chi connectivity index (χ3n) is 9.15. The lowest BCUT2D eigenvalue weighted by Gasteiger charge is -2.29. The van der Waals surface area contributed by atoms with Crippen molar-refractivity contribution in [2.45, 2.75) is 88.8 Å². The molecule has 3 amide bonds. The molecule has 3 unspecified atom stereocenters. The zero-order chi connectivity index (χ0) is 32.0. The maximum absolute atomic E-state index is 13.9. The molecule has 3 aromatic carbocycles. The van der Waals surface area contributed by atoms with E-state index in [2.05, 4.69) is 35.0 Å². The summed E-state index contributed by atoms with van der Waals surface area (Å²) in [5.41, 5.74) is 1.85. The summed E-state index contributed by atoms with van der Waals surface area (Å²) in [5, 5.41) is 19.0. The van der Waals surface area contributed by atoms with Gasteiger partial charge in [-0.1, -0.05) is 86.8 Å². The van der Waals surface area contributed by atoms with E-state index in [0.717, 1.165) is 56.4 Å². The van der Waals surface area contributed by atoms with Crippen molar-refractivity contribution >= 4 is 28.5 Å². The zero-order valence-corrected chi connectivity index (χ0v) is 26.8. The van der Waals surface area contributed by atoms with E-state index >= 15 is 0 Å². The number of hydrogen-bond donors (Lipinski definition) is 4. The maximum Gasteiger partial charge on any atom is 0.251 e. The monoisotopic (exact) mass is 614 g/mol. The number of fused-ring (bicyclic) bond motifs is 1. The molecule has 3 aromatic rings. The number of nitrogens with zero attached hydrogens (tertiary/aromatic N) is 1. The number of rotatable bonds is 11. The van der Waals surface area contributed by atoms with Gasteiger partial charge in [-0.3, -0.25) is 14.4 Å². The first kappa shape index (κ1) is 34.1. The molecule has 0 bridgehead atoms. The Morgan fingerprint density at radius 3 is 2.38 bits per heavy atom. The first-order valence-corrected chi connectivity index (χ1v) is 16.6. The summed E-state index contributed by atoms with van der Waals surface area (Å²) < 4.78 is 0. The molecular weight excluding hydrogens is 564 g/mol. The first-order valence-electron chi connectivity index (χ1n) is 16.6. The average Bonchev–Trinajstić information content (AvgIpc) is 3.24. The maximum atomic E-state index is 13.9. The number of carbonyl (C=O) groups is 3. The van der Waals surface area contributed by atoms with Crippen molar-refractivity contribution in [3.63, 3.8) is 0 Å². The van der Waals surface area contributed by atoms with E-state index in [9.17, 15) is 14.4 Å². The van der Waals surface area contributed by atoms with Gasteiger partial charge in [0.2, 0.25) is 11.8 Å². The highest BCUT2D eigenvalue weighted by Gasteiger charge is 2.32. The van der Waals surface area contributed by atoms with E-state index in [1.165, 1.54) is 12.0 Å². The molecule has 1 saturated carbocycles. The molecule has 0 spiro atoms. The van der Waals surface area contributed by atoms with Crippen molar-refractivity contribution in [2.24, 2.45) is 0 Å². The van der Waals surface area contributed by atoms with E-state index in [0.29, 0.717) is 38.0 Å². The van der Waals surface area contributed by atoms with Gasteiger partial charge in [-0.25, -0.2) is 0 Å². The van der Waals surface area contributed by atoms with Crippen LogP contribution in [0.15, 0.2) is 72.8 Å². The summed E-state index contributed by atoms with van der Waals surface area (Å²) >= 11 is 0. The highest BCUT2D eigenvalue weighted by molar-refractivity contribution is 5.98. The van der Waals surface area contributed by atoms with Crippen molar-refractivity contribution in [3.8, 4) is 0 Å². The van der Waals surface area contributed by atoms with E-state index in [1.54, 1.807) is 0 Å². The first-order chi connectivity index (χ1) is 22.0. The van der Waals surface area contributed by atoms with Crippen LogP contribution in [0.4, 0.5) is 0 Å². The normalized spacial score (nSPS) is 19.6. The summed E-state index contributed by atoms with van der Waals surface area (Å²) in [7, 11) is 1.00. The van der Waals surface area contributed by atoms with E-state index < -0.39 is 6.04 Å². The second-order valence-electron chi connectivity index (χ2n) is 12.2. The lowest BCUT2D eigenvalue weighted by atomic mass is 9.95. The second kappa shape index (κ2) is 17.7. The third-order valence-corrected chi connectivity index (χ3v) is 9.15. The molecular formula is C37H50N4O4. The van der Waals surface area contributed by atoms with Gasteiger partial charge in [-0.05, 0) is 60.6 Å². The number of hydrogen-bond acceptors (Lipinski definition) is 5. The minimum atomic E-state index is -0.476. The number of nitrogens with one attached hydrogen (secondary N) is 3. The summed E-state index contributed by atoms with van der Waals surface area (Å²) in [5.74, 6) is 0.181. The molecule has 3 atom stereocenters. The average molecular weight is 615 g/mol. The van der Waals surface area contributed by atoms with Crippen LogP contribution >= 0.6 is 0 Å². The van der Waals surface area contributed by atoms with Crippen molar-refractivity contribution in [1.82, 2.24) is 20.9 Å². The molecule has 4 N–H and O–H groups in total. The van der Waals surface area contributed by atoms with Gasteiger partial charge in [0.1, 0.15) is 0 Å². The van der Waals surface area contributed by atoms with Crippen LogP contribution < -0.4 is 16.0 Å². The summed E-state index contributed by atoms with van der Waals surface area (Å²) in [6.45, 7) is 3.82. The summed E-state index contributed by atoms with van der Waals surface area (Å²) in [4.78, 5) is 41.8. The number of aliphatic hydroxyl groups excluding tert-OH is 1. The van der Waals surface area contributed by atoms with Gasteiger partial charge in [-0.2, -0.15) is 0 Å². The molecule has 1 saturated heterocycles. The molecule has 8 nitrogen and oxygen atoms in total. The Hall–Kier alpha value is -3.75. The molecule has 45 heavy (non-hydrogen) atoms. The Labute approximate surface area is 268 Å². The van der Waals surface area contributed by atoms with E-state index in [1.807, 2.05) is 65.6 Å². The largest absolute Gasteiger partial charge is 0.400 e. The van der Waals surface area contributed by atoms with Gasteiger partial charge in [0, 0.05) is 56.7 Å². The lowest BCUT2D eigenvalue weighted by molar-refractivity contribution is -0.133. The van der Waals surface area contributed by atoms with Crippen LogP contribution in [0.3, 0.4) is 0 Å². The topological polar surface area (TPSA) is 111 Å². The fourth-order valence-corrected chi connectivity index (χ4v) is 6.56. The molecule has 242 valence electrons. The van der Waals surface area contributed by atoms with Crippen molar-refractivity contribution in [2.75, 3.05) is 26.7 Å². The van der Waals surface area contributed by atoms with Crippen molar-refractivity contribution in [1.29, 1.82) is 0 Å². The van der Waals surface area contributed by atoms with Crippen LogP contribution in [0.5, 0.6) is 0 Å². The molecule has 1 aliphatic carbocycles. The van der Waals surface area contributed by atoms with Crippen molar-refractivity contribution in [3.05, 3.63) is 83.9 Å². The molecule has 0 aromatic heterocycles. The quantitative estimate of drug-likeness (QED) is 0.239. The predicted octanol–water partition coefficient (Wildman–Crippen LogP) is 5.16. The highest BCUT2D eigenvalue weighted by Crippen LogP contribution is 2.23. The van der Waals surface area contributed by atoms with Gasteiger partial charge in [0.05, 0.1) is 6.04 Å². The molecule has 8 heteroatoms. The van der Waals surface area contributed by atoms with Crippen LogP contribution in [-0.4, -0.2) is 72.6 Å². The van der Waals surface area contributed by atoms with Gasteiger partial charge >= 0.3 is 0 Å². The van der Waals surface area contributed by atoms with Crippen LogP contribution in [0, 0.1) is 0 Å². The van der Waals surface area contributed by atoms with Crippen molar-refractivity contribution < 1.29 is 19.5 Å². The Bertz CT molecular complexity index is 1380. The summed E-state index contributed by atoms with van der Waals surface area (Å²) in [6.07, 6.45) is 8.03. The summed E-state index contributed by atoms with van der Waals surface area (Å²) in [6, 6.07) is 23.8. The van der Waals surface area contributed by atoms with Gasteiger partial charge in [0.15, 0.2) is 0 Å². The SMILES string of the molecule is CCC(CN1CCC(CNC(=O)c2ccc3ccccc3c2)NC(CCC(=O)NC2CCCCC2)C1=O)c1ccccc1.CO. The molecule has 1 heterocycles. The fourth-order valence-electron chi connectivity index (χ4n) is 6.56. The minimum absolute atomic E-state index is 0.0224. The minimum Gasteiger partial charge on any atom is -0.400 e. The number of amides is 3.